The number of nitrogens with one attached hydrogen (secondary N) is 1. The van der Waals surface area contributed by atoms with E-state index in [1.807, 2.05) is 0 Å². The minimum Gasteiger partial charge on any atom is -0.322 e. The van der Waals surface area contributed by atoms with Crippen molar-refractivity contribution in [1.82, 2.24) is 0 Å². The summed E-state index contributed by atoms with van der Waals surface area (Å²) in [6, 6.07) is 11.0. The monoisotopic (exact) mass is 372 g/mol. The summed E-state index contributed by atoms with van der Waals surface area (Å²) in [6.07, 6.45) is 1.09. The first-order valence-corrected chi connectivity index (χ1v) is 9.08. The van der Waals surface area contributed by atoms with E-state index in [2.05, 4.69) is 5.32 Å². The Morgan fingerprint density at radius 3 is 2.26 bits per heavy atom. The third kappa shape index (κ3) is 4.60. The van der Waals surface area contributed by atoms with Gasteiger partial charge in [-0.2, -0.15) is 0 Å². The van der Waals surface area contributed by atoms with Crippen molar-refractivity contribution in [3.05, 3.63) is 58.1 Å². The normalized spacial score (nSPS) is 11.1. The summed E-state index contributed by atoms with van der Waals surface area (Å²) in [5.41, 5.74) is 1.16. The van der Waals surface area contributed by atoms with E-state index < -0.39 is 15.9 Å². The molecule has 122 valence electrons. The van der Waals surface area contributed by atoms with Gasteiger partial charge in [-0.15, -0.1) is 0 Å². The number of nitrogens with zero attached hydrogens (tertiary/aromatic N) is 1. The van der Waals surface area contributed by atoms with Crippen LogP contribution >= 0.6 is 23.2 Å². The van der Waals surface area contributed by atoms with Gasteiger partial charge in [0.25, 0.3) is 5.91 Å². The van der Waals surface area contributed by atoms with Gasteiger partial charge in [-0.1, -0.05) is 29.3 Å². The number of rotatable bonds is 4. The molecule has 0 aliphatic carbocycles. The second-order valence-electron chi connectivity index (χ2n) is 4.89. The molecule has 1 amide bonds. The first-order valence-electron chi connectivity index (χ1n) is 6.48. The Bertz CT molecular complexity index is 833. The van der Waals surface area contributed by atoms with Crippen LogP contribution in [0.2, 0.25) is 10.0 Å². The number of sulfonamides is 1. The maximum absolute atomic E-state index is 12.3. The zero-order valence-corrected chi connectivity index (χ0v) is 14.7. The standard InChI is InChI=1S/C15H14Cl2N2O3S/c1-19(23(2,21)22)14-5-3-4-10(6-14)15(20)18-13-8-11(16)7-12(17)9-13/h3-9H,1-2H3,(H,18,20). The van der Waals surface area contributed by atoms with Gasteiger partial charge in [0.05, 0.1) is 11.9 Å². The van der Waals surface area contributed by atoms with Crippen molar-refractivity contribution in [3.63, 3.8) is 0 Å². The van der Waals surface area contributed by atoms with Crippen LogP contribution in [0.3, 0.4) is 0 Å². The topological polar surface area (TPSA) is 66.5 Å². The van der Waals surface area contributed by atoms with Crippen LogP contribution in [-0.4, -0.2) is 27.6 Å². The highest BCUT2D eigenvalue weighted by Crippen LogP contribution is 2.23. The van der Waals surface area contributed by atoms with Gasteiger partial charge < -0.3 is 5.32 Å². The number of halogens is 2. The van der Waals surface area contributed by atoms with Crippen LogP contribution in [0.25, 0.3) is 0 Å². The Balaban J connectivity index is 2.26. The van der Waals surface area contributed by atoms with Crippen molar-refractivity contribution in [2.75, 3.05) is 22.9 Å². The predicted molar refractivity (Wildman–Crippen MR) is 94.1 cm³/mol. The van der Waals surface area contributed by atoms with Crippen molar-refractivity contribution in [2.45, 2.75) is 0 Å². The molecule has 8 heteroatoms. The number of benzene rings is 2. The number of carbonyl (C=O) groups is 1. The van der Waals surface area contributed by atoms with Crippen molar-refractivity contribution >= 4 is 50.5 Å². The van der Waals surface area contributed by atoms with E-state index >= 15 is 0 Å². The van der Waals surface area contributed by atoms with E-state index in [1.54, 1.807) is 36.4 Å². The van der Waals surface area contributed by atoms with Gasteiger partial charge in [0.15, 0.2) is 0 Å². The van der Waals surface area contributed by atoms with Gasteiger partial charge in [-0.3, -0.25) is 9.10 Å². The molecular formula is C15H14Cl2N2O3S. The second kappa shape index (κ2) is 6.78. The van der Waals surface area contributed by atoms with Gasteiger partial charge in [0.2, 0.25) is 10.0 Å². The first kappa shape index (κ1) is 17.6. The molecule has 1 N–H and O–H groups in total. The van der Waals surface area contributed by atoms with E-state index in [1.165, 1.54) is 13.1 Å². The van der Waals surface area contributed by atoms with E-state index in [-0.39, 0.29) is 0 Å². The highest BCUT2D eigenvalue weighted by atomic mass is 35.5. The fraction of sp³-hybridized carbons (Fsp3) is 0.133. The van der Waals surface area contributed by atoms with Crippen LogP contribution in [0.5, 0.6) is 0 Å². The number of hydrogen-bond donors (Lipinski definition) is 1. The highest BCUT2D eigenvalue weighted by molar-refractivity contribution is 7.92. The molecule has 0 bridgehead atoms. The molecule has 5 nitrogen and oxygen atoms in total. The smallest absolute Gasteiger partial charge is 0.255 e. The largest absolute Gasteiger partial charge is 0.322 e. The SMILES string of the molecule is CN(c1cccc(C(=O)Nc2cc(Cl)cc(Cl)c2)c1)S(C)(=O)=O. The lowest BCUT2D eigenvalue weighted by Gasteiger charge is -2.17. The minimum atomic E-state index is -3.40. The molecule has 0 saturated heterocycles. The lowest BCUT2D eigenvalue weighted by Crippen LogP contribution is -2.25. The molecule has 0 saturated carbocycles. The summed E-state index contributed by atoms with van der Waals surface area (Å²) in [5, 5.41) is 3.47. The number of anilines is 2. The maximum atomic E-state index is 12.3. The zero-order chi connectivity index (χ0) is 17.2. The Hall–Kier alpha value is -1.76. The Morgan fingerprint density at radius 1 is 1.09 bits per heavy atom. The van der Waals surface area contributed by atoms with Crippen molar-refractivity contribution in [2.24, 2.45) is 0 Å². The summed E-state index contributed by atoms with van der Waals surface area (Å²) in [4.78, 5) is 12.3. The zero-order valence-electron chi connectivity index (χ0n) is 12.4. The van der Waals surface area contributed by atoms with Gasteiger partial charge in [-0.25, -0.2) is 8.42 Å². The van der Waals surface area contributed by atoms with Gasteiger partial charge in [0, 0.05) is 28.3 Å². The van der Waals surface area contributed by atoms with E-state index in [4.69, 9.17) is 23.2 Å². The molecule has 2 aromatic rings. The van der Waals surface area contributed by atoms with E-state index in [0.717, 1.165) is 10.6 Å². The van der Waals surface area contributed by atoms with Crippen LogP contribution in [-0.2, 0) is 10.0 Å². The first-order chi connectivity index (χ1) is 10.7. The van der Waals surface area contributed by atoms with Gasteiger partial charge >= 0.3 is 0 Å². The van der Waals surface area contributed by atoms with Crippen LogP contribution in [0.1, 0.15) is 10.4 Å². The summed E-state index contributed by atoms with van der Waals surface area (Å²) in [7, 11) is -1.98. The van der Waals surface area contributed by atoms with Crippen LogP contribution in [0.15, 0.2) is 42.5 Å². The molecular weight excluding hydrogens is 359 g/mol. The molecule has 0 heterocycles. The van der Waals surface area contributed by atoms with E-state index in [0.29, 0.717) is 27.0 Å². The predicted octanol–water partition coefficient (Wildman–Crippen LogP) is 3.64. The summed E-state index contributed by atoms with van der Waals surface area (Å²) in [5.74, 6) is -0.396. The minimum absolute atomic E-state index is 0.314. The molecule has 0 atom stereocenters. The van der Waals surface area contributed by atoms with Crippen LogP contribution in [0, 0.1) is 0 Å². The van der Waals surface area contributed by atoms with Crippen molar-refractivity contribution in [1.29, 1.82) is 0 Å². The van der Waals surface area contributed by atoms with E-state index in [9.17, 15) is 13.2 Å². The summed E-state index contributed by atoms with van der Waals surface area (Å²) >= 11 is 11.8. The molecule has 0 fully saturated rings. The molecule has 0 radical (unpaired) electrons. The Labute approximate surface area is 144 Å². The maximum Gasteiger partial charge on any atom is 0.255 e. The highest BCUT2D eigenvalue weighted by Gasteiger charge is 2.14. The van der Waals surface area contributed by atoms with Crippen molar-refractivity contribution in [3.8, 4) is 0 Å². The molecule has 0 aromatic heterocycles. The third-order valence-electron chi connectivity index (χ3n) is 3.09. The number of carbonyl (C=O) groups excluding carboxylic acids is 1. The molecule has 0 aliphatic heterocycles. The number of hydrogen-bond acceptors (Lipinski definition) is 3. The second-order valence-corrected chi connectivity index (χ2v) is 7.78. The van der Waals surface area contributed by atoms with Gasteiger partial charge in [-0.05, 0) is 36.4 Å². The lowest BCUT2D eigenvalue weighted by atomic mass is 10.2. The lowest BCUT2D eigenvalue weighted by molar-refractivity contribution is 0.102. The summed E-state index contributed by atoms with van der Waals surface area (Å²) in [6.45, 7) is 0. The van der Waals surface area contributed by atoms with Gasteiger partial charge in [0.1, 0.15) is 0 Å². The fourth-order valence-corrected chi connectivity index (χ4v) is 2.89. The molecule has 0 aliphatic rings. The average Bonchev–Trinajstić information content (AvgIpc) is 2.44. The molecule has 2 aromatic carbocycles. The summed E-state index contributed by atoms with van der Waals surface area (Å²) < 4.78 is 24.2. The Morgan fingerprint density at radius 2 is 1.70 bits per heavy atom. The molecule has 2 rings (SSSR count). The number of amides is 1. The fourth-order valence-electron chi connectivity index (χ4n) is 1.86. The molecule has 0 unspecified atom stereocenters. The third-order valence-corrected chi connectivity index (χ3v) is 4.73. The molecule has 23 heavy (non-hydrogen) atoms. The van der Waals surface area contributed by atoms with Crippen LogP contribution < -0.4 is 9.62 Å². The van der Waals surface area contributed by atoms with Crippen LogP contribution in [0.4, 0.5) is 11.4 Å². The van der Waals surface area contributed by atoms with Crippen molar-refractivity contribution < 1.29 is 13.2 Å². The Kier molecular flexibility index (Phi) is 5.19. The molecule has 0 spiro atoms. The quantitative estimate of drug-likeness (QED) is 0.890. The average molecular weight is 373 g/mol.